The molecule has 0 radical (unpaired) electrons. The van der Waals surface area contributed by atoms with Crippen molar-refractivity contribution >= 4 is 11.8 Å². The molecular weight excluding hydrogens is 342 g/mol. The molecule has 2 aliphatic rings. The highest BCUT2D eigenvalue weighted by Gasteiger charge is 2.51. The first-order valence-electron chi connectivity index (χ1n) is 8.82. The third-order valence-corrected chi connectivity index (χ3v) is 5.39. The van der Waals surface area contributed by atoms with Crippen LogP contribution in [0, 0.1) is 11.3 Å². The average Bonchev–Trinajstić information content (AvgIpc) is 3.06. The maximum absolute atomic E-state index is 13.0. The third kappa shape index (κ3) is 2.81. The first-order chi connectivity index (χ1) is 13.1. The van der Waals surface area contributed by atoms with Gasteiger partial charge in [-0.2, -0.15) is 5.26 Å². The largest absolute Gasteiger partial charge is 0.496 e. The molecule has 2 atom stereocenters. The minimum atomic E-state index is -1.06. The van der Waals surface area contributed by atoms with Gasteiger partial charge in [-0.15, -0.1) is 0 Å². The van der Waals surface area contributed by atoms with E-state index in [1.165, 1.54) is 0 Å². The zero-order valence-corrected chi connectivity index (χ0v) is 14.9. The van der Waals surface area contributed by atoms with Crippen LogP contribution in [-0.2, 0) is 28.9 Å². The number of ether oxygens (including phenoxy) is 1. The summed E-state index contributed by atoms with van der Waals surface area (Å²) in [6.07, 6.45) is 1.04. The quantitative estimate of drug-likeness (QED) is 0.861. The van der Waals surface area contributed by atoms with Crippen molar-refractivity contribution in [1.82, 2.24) is 10.6 Å². The Hall–Kier alpha value is -3.33. The SMILES string of the molecule is COc1ccc(C#N)c2c1C[C@@]1(C2)NC(=O)[C@H](Cc2ccccc2)NC1=O. The van der Waals surface area contributed by atoms with Gasteiger partial charge in [-0.25, -0.2) is 0 Å². The summed E-state index contributed by atoms with van der Waals surface area (Å²) in [5.41, 5.74) is 2.02. The van der Waals surface area contributed by atoms with Crippen LogP contribution in [0.5, 0.6) is 5.75 Å². The van der Waals surface area contributed by atoms with E-state index in [9.17, 15) is 14.9 Å². The van der Waals surface area contributed by atoms with Gasteiger partial charge >= 0.3 is 0 Å². The first kappa shape index (κ1) is 17.1. The summed E-state index contributed by atoms with van der Waals surface area (Å²) in [5.74, 6) is 0.211. The van der Waals surface area contributed by atoms with E-state index in [-0.39, 0.29) is 18.2 Å². The number of carbonyl (C=O) groups excluding carboxylic acids is 2. The maximum Gasteiger partial charge on any atom is 0.247 e. The Morgan fingerprint density at radius 3 is 2.59 bits per heavy atom. The van der Waals surface area contributed by atoms with Crippen molar-refractivity contribution in [1.29, 1.82) is 5.26 Å². The van der Waals surface area contributed by atoms with Gasteiger partial charge in [0.15, 0.2) is 0 Å². The zero-order valence-electron chi connectivity index (χ0n) is 14.9. The van der Waals surface area contributed by atoms with Gasteiger partial charge in [0.1, 0.15) is 17.3 Å². The van der Waals surface area contributed by atoms with Gasteiger partial charge in [-0.05, 0) is 23.3 Å². The summed E-state index contributed by atoms with van der Waals surface area (Å²) in [6, 6.07) is 14.6. The van der Waals surface area contributed by atoms with Gasteiger partial charge in [-0.1, -0.05) is 30.3 Å². The molecule has 1 spiro atoms. The van der Waals surface area contributed by atoms with Crippen molar-refractivity contribution in [3.05, 3.63) is 64.7 Å². The molecule has 0 bridgehead atoms. The highest BCUT2D eigenvalue weighted by molar-refractivity contribution is 6.01. The summed E-state index contributed by atoms with van der Waals surface area (Å²) < 4.78 is 5.40. The van der Waals surface area contributed by atoms with E-state index >= 15 is 0 Å². The van der Waals surface area contributed by atoms with E-state index in [0.29, 0.717) is 24.2 Å². The molecule has 6 heteroatoms. The summed E-state index contributed by atoms with van der Waals surface area (Å²) in [6.45, 7) is 0. The van der Waals surface area contributed by atoms with Crippen LogP contribution in [0.25, 0.3) is 0 Å². The highest BCUT2D eigenvalue weighted by atomic mass is 16.5. The van der Waals surface area contributed by atoms with Crippen LogP contribution in [0.1, 0.15) is 22.3 Å². The van der Waals surface area contributed by atoms with Crippen LogP contribution >= 0.6 is 0 Å². The molecule has 1 fully saturated rings. The Bertz CT molecular complexity index is 965. The average molecular weight is 361 g/mol. The molecule has 1 aliphatic heterocycles. The Morgan fingerprint density at radius 2 is 1.89 bits per heavy atom. The van der Waals surface area contributed by atoms with Crippen molar-refractivity contribution in [3.8, 4) is 11.8 Å². The lowest BCUT2D eigenvalue weighted by Gasteiger charge is -2.37. The Kier molecular flexibility index (Phi) is 4.08. The number of fused-ring (bicyclic) bond motifs is 1. The number of benzene rings is 2. The molecule has 0 aromatic heterocycles. The van der Waals surface area contributed by atoms with Crippen LogP contribution in [0.3, 0.4) is 0 Å². The molecule has 2 aromatic carbocycles. The summed E-state index contributed by atoms with van der Waals surface area (Å²) in [5, 5.41) is 15.2. The predicted molar refractivity (Wildman–Crippen MR) is 98.1 cm³/mol. The standard InChI is InChI=1S/C21H19N3O3/c1-27-18-8-7-14(12-22)15-10-21(11-16(15)18)20(26)23-17(19(25)24-21)9-13-5-3-2-4-6-13/h2-8,17H,9-11H2,1H3,(H,23,26)(H,24,25)/t17-,21+/m0/s1. The van der Waals surface area contributed by atoms with E-state index in [1.807, 2.05) is 30.3 Å². The van der Waals surface area contributed by atoms with Crippen LogP contribution in [-0.4, -0.2) is 30.5 Å². The number of carbonyl (C=O) groups is 2. The van der Waals surface area contributed by atoms with Crippen LogP contribution < -0.4 is 15.4 Å². The lowest BCUT2D eigenvalue weighted by Crippen LogP contribution is -2.70. The van der Waals surface area contributed by atoms with Gasteiger partial charge in [0, 0.05) is 24.8 Å². The second-order valence-corrected chi connectivity index (χ2v) is 7.02. The lowest BCUT2D eigenvalue weighted by molar-refractivity contribution is -0.141. The Balaban J connectivity index is 1.60. The topological polar surface area (TPSA) is 91.2 Å². The van der Waals surface area contributed by atoms with E-state index in [0.717, 1.165) is 16.7 Å². The fourth-order valence-corrected chi connectivity index (χ4v) is 4.01. The number of amides is 2. The number of nitrogens with one attached hydrogen (secondary N) is 2. The zero-order chi connectivity index (χ0) is 19.0. The van der Waals surface area contributed by atoms with Crippen molar-refractivity contribution in [2.75, 3.05) is 7.11 Å². The minimum Gasteiger partial charge on any atom is -0.496 e. The van der Waals surface area contributed by atoms with Gasteiger partial charge in [0.25, 0.3) is 0 Å². The van der Waals surface area contributed by atoms with E-state index in [1.54, 1.807) is 19.2 Å². The van der Waals surface area contributed by atoms with Gasteiger partial charge in [-0.3, -0.25) is 9.59 Å². The van der Waals surface area contributed by atoms with Crippen LogP contribution in [0.2, 0.25) is 0 Å². The fourth-order valence-electron chi connectivity index (χ4n) is 4.01. The number of hydrogen-bond donors (Lipinski definition) is 2. The van der Waals surface area contributed by atoms with Gasteiger partial charge < -0.3 is 15.4 Å². The fraction of sp³-hybridized carbons (Fsp3) is 0.286. The molecule has 2 N–H and O–H groups in total. The molecular formula is C21H19N3O3. The highest BCUT2D eigenvalue weighted by Crippen LogP contribution is 2.39. The molecule has 1 aliphatic carbocycles. The van der Waals surface area contributed by atoms with Gasteiger partial charge in [0.2, 0.25) is 11.8 Å². The van der Waals surface area contributed by atoms with Crippen LogP contribution in [0.4, 0.5) is 0 Å². The monoisotopic (exact) mass is 361 g/mol. The summed E-state index contributed by atoms with van der Waals surface area (Å²) in [7, 11) is 1.56. The number of piperazine rings is 1. The Morgan fingerprint density at radius 1 is 1.15 bits per heavy atom. The Labute approximate surface area is 157 Å². The molecule has 0 saturated carbocycles. The van der Waals surface area contributed by atoms with E-state index in [4.69, 9.17) is 4.74 Å². The summed E-state index contributed by atoms with van der Waals surface area (Å²) >= 11 is 0. The van der Waals surface area contributed by atoms with Crippen LogP contribution in [0.15, 0.2) is 42.5 Å². The number of nitrogens with zero attached hydrogens (tertiary/aromatic N) is 1. The summed E-state index contributed by atoms with van der Waals surface area (Å²) in [4.78, 5) is 25.7. The van der Waals surface area contributed by atoms with Gasteiger partial charge in [0.05, 0.1) is 18.7 Å². The molecule has 2 amide bonds. The molecule has 2 aromatic rings. The molecule has 4 rings (SSSR count). The number of hydrogen-bond acceptors (Lipinski definition) is 4. The number of rotatable bonds is 3. The number of methoxy groups -OCH3 is 1. The second kappa shape index (κ2) is 6.44. The number of nitriles is 1. The smallest absolute Gasteiger partial charge is 0.247 e. The minimum absolute atomic E-state index is 0.205. The van der Waals surface area contributed by atoms with Crippen molar-refractivity contribution in [3.63, 3.8) is 0 Å². The van der Waals surface area contributed by atoms with E-state index < -0.39 is 11.6 Å². The molecule has 0 unspecified atom stereocenters. The lowest BCUT2D eigenvalue weighted by atomic mass is 9.89. The van der Waals surface area contributed by atoms with E-state index in [2.05, 4.69) is 16.7 Å². The molecule has 136 valence electrons. The normalized spacial score (nSPS) is 23.3. The van der Waals surface area contributed by atoms with Crippen molar-refractivity contribution in [2.24, 2.45) is 0 Å². The molecule has 27 heavy (non-hydrogen) atoms. The first-order valence-corrected chi connectivity index (χ1v) is 8.82. The third-order valence-electron chi connectivity index (χ3n) is 5.39. The van der Waals surface area contributed by atoms with Crippen molar-refractivity contribution < 1.29 is 14.3 Å². The molecule has 6 nitrogen and oxygen atoms in total. The molecule has 1 saturated heterocycles. The van der Waals surface area contributed by atoms with Crippen molar-refractivity contribution in [2.45, 2.75) is 30.8 Å². The second-order valence-electron chi connectivity index (χ2n) is 7.02. The molecule has 1 heterocycles. The maximum atomic E-state index is 13.0. The predicted octanol–water partition coefficient (Wildman–Crippen LogP) is 1.26.